The molecule has 5 nitrogen and oxygen atoms in total. The summed E-state index contributed by atoms with van der Waals surface area (Å²) < 4.78 is 0. The number of amides is 3. The summed E-state index contributed by atoms with van der Waals surface area (Å²) in [6.45, 7) is 7.14. The van der Waals surface area contributed by atoms with Crippen LogP contribution in [0.25, 0.3) is 0 Å². The first-order chi connectivity index (χ1) is 7.95. The van der Waals surface area contributed by atoms with Gasteiger partial charge in [0.05, 0.1) is 0 Å². The van der Waals surface area contributed by atoms with Crippen molar-refractivity contribution in [3.8, 4) is 0 Å². The molecule has 0 radical (unpaired) electrons. The first-order valence-corrected chi connectivity index (χ1v) is 5.40. The Morgan fingerprint density at radius 2 is 2.12 bits per heavy atom. The van der Waals surface area contributed by atoms with Crippen LogP contribution in [-0.4, -0.2) is 23.8 Å². The smallest absolute Gasteiger partial charge is 0.251 e. The quantitative estimate of drug-likeness (QED) is 0.424. The van der Waals surface area contributed by atoms with E-state index in [-0.39, 0.29) is 18.2 Å². The Labute approximate surface area is 100.0 Å². The van der Waals surface area contributed by atoms with Gasteiger partial charge < -0.3 is 5.32 Å². The summed E-state index contributed by atoms with van der Waals surface area (Å²) in [5, 5.41) is 4.78. The van der Waals surface area contributed by atoms with Gasteiger partial charge in [-0.2, -0.15) is 0 Å². The van der Waals surface area contributed by atoms with Crippen molar-refractivity contribution >= 4 is 17.7 Å². The lowest BCUT2D eigenvalue weighted by Crippen LogP contribution is -2.52. The van der Waals surface area contributed by atoms with Crippen LogP contribution in [0.5, 0.6) is 0 Å². The molecule has 1 aliphatic rings. The van der Waals surface area contributed by atoms with E-state index < -0.39 is 11.9 Å². The van der Waals surface area contributed by atoms with Gasteiger partial charge >= 0.3 is 0 Å². The highest BCUT2D eigenvalue weighted by Gasteiger charge is 2.28. The number of hydrogen-bond acceptors (Lipinski definition) is 3. The van der Waals surface area contributed by atoms with E-state index in [1.54, 1.807) is 13.8 Å². The third kappa shape index (κ3) is 3.27. The maximum Gasteiger partial charge on any atom is 0.251 e. The zero-order chi connectivity index (χ0) is 13.0. The third-order valence-corrected chi connectivity index (χ3v) is 2.53. The van der Waals surface area contributed by atoms with Gasteiger partial charge in [-0.15, -0.1) is 0 Å². The number of piperidine rings is 1. The number of hydrogen-bond donors (Lipinski definition) is 2. The summed E-state index contributed by atoms with van der Waals surface area (Å²) in [6.07, 6.45) is 2.04. The lowest BCUT2D eigenvalue weighted by Gasteiger charge is -2.22. The van der Waals surface area contributed by atoms with E-state index in [4.69, 9.17) is 0 Å². The summed E-state index contributed by atoms with van der Waals surface area (Å²) in [4.78, 5) is 34.2. The van der Waals surface area contributed by atoms with E-state index >= 15 is 0 Å². The van der Waals surface area contributed by atoms with Gasteiger partial charge in [-0.25, -0.2) is 0 Å². The minimum absolute atomic E-state index is 0.245. The second-order valence-corrected chi connectivity index (χ2v) is 4.09. The largest absolute Gasteiger partial charge is 0.340 e. The van der Waals surface area contributed by atoms with Crippen LogP contribution in [0.15, 0.2) is 23.8 Å². The molecule has 0 saturated carbocycles. The van der Waals surface area contributed by atoms with Crippen molar-refractivity contribution in [3.05, 3.63) is 23.8 Å². The molecule has 5 heteroatoms. The molecule has 1 unspecified atom stereocenters. The van der Waals surface area contributed by atoms with Crippen LogP contribution >= 0.6 is 0 Å². The monoisotopic (exact) mass is 236 g/mol. The second kappa shape index (κ2) is 5.43. The third-order valence-electron chi connectivity index (χ3n) is 2.53. The van der Waals surface area contributed by atoms with Crippen LogP contribution < -0.4 is 10.6 Å². The Hall–Kier alpha value is -1.91. The summed E-state index contributed by atoms with van der Waals surface area (Å²) in [6, 6.07) is -0.644. The fourth-order valence-corrected chi connectivity index (χ4v) is 1.59. The molecule has 0 aromatic heterocycles. The number of rotatable bonds is 3. The minimum atomic E-state index is -0.644. The average molecular weight is 236 g/mol. The summed E-state index contributed by atoms with van der Waals surface area (Å²) in [5.41, 5.74) is 1.28. The van der Waals surface area contributed by atoms with Gasteiger partial charge in [-0.3, -0.25) is 19.7 Å². The topological polar surface area (TPSA) is 75.3 Å². The van der Waals surface area contributed by atoms with Crippen LogP contribution in [0.3, 0.4) is 0 Å². The molecule has 2 N–H and O–H groups in total. The van der Waals surface area contributed by atoms with Gasteiger partial charge in [0.2, 0.25) is 11.8 Å². The average Bonchev–Trinajstić information content (AvgIpc) is 2.22. The molecule has 1 heterocycles. The summed E-state index contributed by atoms with van der Waals surface area (Å²) >= 11 is 0. The molecule has 0 bridgehead atoms. The van der Waals surface area contributed by atoms with Gasteiger partial charge in [0.25, 0.3) is 5.91 Å². The molecule has 1 atom stereocenters. The molecule has 0 spiro atoms. The number of imide groups is 1. The van der Waals surface area contributed by atoms with Gasteiger partial charge in [0.15, 0.2) is 0 Å². The van der Waals surface area contributed by atoms with Gasteiger partial charge in [0.1, 0.15) is 6.04 Å². The minimum Gasteiger partial charge on any atom is -0.340 e. The standard InChI is InChI=1S/C12H16N2O3/c1-4-8(7(2)3)11(16)13-9-5-6-10(15)14-12(9)17/h4,9H,1,5-6H2,2-3H3,(H,13,16)(H,14,15,17). The SMILES string of the molecule is C=CC(C(=O)NC1CCC(=O)NC1=O)=C(C)C. The van der Waals surface area contributed by atoms with Crippen molar-refractivity contribution in [2.75, 3.05) is 0 Å². The predicted octanol–water partition coefficient (Wildman–Crippen LogP) is 0.430. The lowest BCUT2D eigenvalue weighted by atomic mass is 10.0. The molecule has 17 heavy (non-hydrogen) atoms. The van der Waals surface area contributed by atoms with E-state index in [2.05, 4.69) is 17.2 Å². The molecule has 1 saturated heterocycles. The number of allylic oxidation sites excluding steroid dienone is 1. The van der Waals surface area contributed by atoms with E-state index in [1.807, 2.05) is 0 Å². The number of carbonyl (C=O) groups excluding carboxylic acids is 3. The summed E-state index contributed by atoms with van der Waals surface area (Å²) in [5.74, 6) is -1.09. The van der Waals surface area contributed by atoms with Crippen LogP contribution in [0, 0.1) is 0 Å². The molecule has 0 aromatic rings. The highest BCUT2D eigenvalue weighted by atomic mass is 16.2. The fourth-order valence-electron chi connectivity index (χ4n) is 1.59. The highest BCUT2D eigenvalue weighted by molar-refractivity contribution is 6.04. The first-order valence-electron chi connectivity index (χ1n) is 5.40. The maximum atomic E-state index is 11.8. The molecule has 1 aliphatic heterocycles. The maximum absolute atomic E-state index is 11.8. The van der Waals surface area contributed by atoms with E-state index in [1.165, 1.54) is 6.08 Å². The summed E-state index contributed by atoms with van der Waals surface area (Å²) in [7, 11) is 0. The first kappa shape index (κ1) is 13.2. The van der Waals surface area contributed by atoms with Crippen molar-refractivity contribution in [2.24, 2.45) is 0 Å². The number of nitrogens with one attached hydrogen (secondary N) is 2. The zero-order valence-electron chi connectivity index (χ0n) is 10.0. The number of carbonyl (C=O) groups is 3. The Balaban J connectivity index is 2.69. The van der Waals surface area contributed by atoms with Crippen molar-refractivity contribution in [2.45, 2.75) is 32.7 Å². The van der Waals surface area contributed by atoms with Crippen LogP contribution in [0.2, 0.25) is 0 Å². The van der Waals surface area contributed by atoms with E-state index in [9.17, 15) is 14.4 Å². The van der Waals surface area contributed by atoms with Gasteiger partial charge in [-0.1, -0.05) is 18.2 Å². The van der Waals surface area contributed by atoms with Crippen LogP contribution in [-0.2, 0) is 14.4 Å². The normalized spacial score (nSPS) is 19.3. The lowest BCUT2D eigenvalue weighted by molar-refractivity contribution is -0.136. The van der Waals surface area contributed by atoms with Gasteiger partial charge in [0, 0.05) is 12.0 Å². The Kier molecular flexibility index (Phi) is 4.20. The zero-order valence-corrected chi connectivity index (χ0v) is 10.0. The Bertz CT molecular complexity index is 406. The van der Waals surface area contributed by atoms with E-state index in [0.717, 1.165) is 5.57 Å². The molecule has 1 rings (SSSR count). The Morgan fingerprint density at radius 1 is 1.47 bits per heavy atom. The molecular formula is C12H16N2O3. The van der Waals surface area contributed by atoms with Crippen molar-refractivity contribution in [1.82, 2.24) is 10.6 Å². The molecule has 3 amide bonds. The Morgan fingerprint density at radius 3 is 2.59 bits per heavy atom. The fraction of sp³-hybridized carbons (Fsp3) is 0.417. The van der Waals surface area contributed by atoms with Gasteiger partial charge in [-0.05, 0) is 20.3 Å². The van der Waals surface area contributed by atoms with Crippen LogP contribution in [0.4, 0.5) is 0 Å². The second-order valence-electron chi connectivity index (χ2n) is 4.09. The van der Waals surface area contributed by atoms with Crippen molar-refractivity contribution in [3.63, 3.8) is 0 Å². The molecule has 0 aromatic carbocycles. The van der Waals surface area contributed by atoms with Crippen molar-refractivity contribution in [1.29, 1.82) is 0 Å². The molecule has 0 aliphatic carbocycles. The predicted molar refractivity (Wildman–Crippen MR) is 62.9 cm³/mol. The highest BCUT2D eigenvalue weighted by Crippen LogP contribution is 2.08. The molecule has 1 fully saturated rings. The van der Waals surface area contributed by atoms with Crippen LogP contribution in [0.1, 0.15) is 26.7 Å². The van der Waals surface area contributed by atoms with E-state index in [0.29, 0.717) is 12.0 Å². The molecular weight excluding hydrogens is 220 g/mol. The van der Waals surface area contributed by atoms with Crippen molar-refractivity contribution < 1.29 is 14.4 Å². The molecule has 92 valence electrons.